The number of anilines is 1. The van der Waals surface area contributed by atoms with Crippen molar-refractivity contribution >= 4 is 23.2 Å². The third-order valence-electron chi connectivity index (χ3n) is 9.91. The van der Waals surface area contributed by atoms with E-state index in [0.717, 1.165) is 47.3 Å². The quantitative estimate of drug-likeness (QED) is 0.293. The number of methoxy groups -OCH3 is 1. The molecule has 1 N–H and O–H groups in total. The number of benzene rings is 3. The number of hydrogen-bond donors (Lipinski definition) is 1. The molecule has 6 rings (SSSR count). The fraction of sp³-hybridized carbons (Fsp3) is 0.472. The van der Waals surface area contributed by atoms with Crippen LogP contribution < -0.4 is 14.4 Å². The highest BCUT2D eigenvalue weighted by molar-refractivity contribution is 6.30. The maximum atomic E-state index is 13.9. The second-order valence-corrected chi connectivity index (χ2v) is 13.3. The summed E-state index contributed by atoms with van der Waals surface area (Å²) in [6, 6.07) is 20.4. The number of rotatable bonds is 8. The van der Waals surface area contributed by atoms with Crippen LogP contribution in [0.25, 0.3) is 0 Å². The number of fused-ring (bicyclic) bond motifs is 3. The van der Waals surface area contributed by atoms with Gasteiger partial charge in [0.25, 0.3) is 0 Å². The Morgan fingerprint density at radius 3 is 2.23 bits per heavy atom. The van der Waals surface area contributed by atoms with Crippen molar-refractivity contribution in [1.29, 1.82) is 0 Å². The highest BCUT2D eigenvalue weighted by Gasteiger charge is 2.46. The SMILES string of the molecule is CCN1C2CCC1CC(C(C)(O)c1ccc(N3C(=O)Cc4cc(OC)c(OC(C)C)cc4[C@@H]3c3ccc(Cl)cc3)cc1)C2. The molecule has 2 bridgehead atoms. The molecule has 0 spiro atoms. The van der Waals surface area contributed by atoms with E-state index in [2.05, 4.69) is 11.8 Å². The molecule has 1 amide bonds. The number of carbonyl (C=O) groups is 1. The average Bonchev–Trinajstić information content (AvgIpc) is 3.23. The second-order valence-electron chi connectivity index (χ2n) is 12.8. The lowest BCUT2D eigenvalue weighted by atomic mass is 9.75. The molecule has 3 aromatic carbocycles. The summed E-state index contributed by atoms with van der Waals surface area (Å²) in [5.41, 5.74) is 3.62. The van der Waals surface area contributed by atoms with E-state index in [9.17, 15) is 9.90 Å². The highest BCUT2D eigenvalue weighted by atomic mass is 35.5. The van der Waals surface area contributed by atoms with Crippen LogP contribution in [-0.2, 0) is 16.8 Å². The molecule has 43 heavy (non-hydrogen) atoms. The molecule has 3 aromatic rings. The molecule has 7 heteroatoms. The van der Waals surface area contributed by atoms with Crippen molar-refractivity contribution in [3.05, 3.63) is 87.9 Å². The molecule has 3 aliphatic heterocycles. The number of hydrogen-bond acceptors (Lipinski definition) is 5. The zero-order valence-corrected chi connectivity index (χ0v) is 26.6. The Morgan fingerprint density at radius 2 is 1.65 bits per heavy atom. The lowest BCUT2D eigenvalue weighted by molar-refractivity contribution is -0.118. The molecule has 2 saturated heterocycles. The van der Waals surface area contributed by atoms with Gasteiger partial charge < -0.3 is 19.5 Å². The van der Waals surface area contributed by atoms with Gasteiger partial charge in [0.05, 0.1) is 31.3 Å². The molecule has 0 aliphatic carbocycles. The molecule has 0 saturated carbocycles. The van der Waals surface area contributed by atoms with Crippen molar-refractivity contribution in [1.82, 2.24) is 4.90 Å². The smallest absolute Gasteiger partial charge is 0.232 e. The van der Waals surface area contributed by atoms with Crippen molar-refractivity contribution < 1.29 is 19.4 Å². The Labute approximate surface area is 260 Å². The molecule has 4 atom stereocenters. The number of aliphatic hydroxyl groups is 1. The van der Waals surface area contributed by atoms with Gasteiger partial charge in [-0.05, 0) is 118 Å². The van der Waals surface area contributed by atoms with Gasteiger partial charge in [-0.15, -0.1) is 0 Å². The fourth-order valence-corrected chi connectivity index (χ4v) is 7.90. The predicted octanol–water partition coefficient (Wildman–Crippen LogP) is 7.28. The largest absolute Gasteiger partial charge is 0.493 e. The number of nitrogens with zero attached hydrogens (tertiary/aromatic N) is 2. The van der Waals surface area contributed by atoms with Crippen molar-refractivity contribution in [2.75, 3.05) is 18.6 Å². The van der Waals surface area contributed by atoms with Gasteiger partial charge in [-0.2, -0.15) is 0 Å². The lowest BCUT2D eigenvalue weighted by Crippen LogP contribution is -2.47. The van der Waals surface area contributed by atoms with E-state index in [1.807, 2.05) is 86.3 Å². The van der Waals surface area contributed by atoms with E-state index in [4.69, 9.17) is 21.1 Å². The summed E-state index contributed by atoms with van der Waals surface area (Å²) in [6.07, 6.45) is 4.70. The van der Waals surface area contributed by atoms with Gasteiger partial charge in [0.2, 0.25) is 5.91 Å². The topological polar surface area (TPSA) is 62.2 Å². The molecular weight excluding hydrogens is 560 g/mol. The van der Waals surface area contributed by atoms with E-state index in [1.54, 1.807) is 7.11 Å². The Balaban J connectivity index is 1.36. The Kier molecular flexibility index (Phi) is 8.22. The summed E-state index contributed by atoms with van der Waals surface area (Å²) in [5.74, 6) is 1.47. The number of amides is 1. The Bertz CT molecular complexity index is 1460. The zero-order valence-electron chi connectivity index (χ0n) is 25.8. The second kappa shape index (κ2) is 11.8. The van der Waals surface area contributed by atoms with Crippen LogP contribution in [0.1, 0.15) is 81.7 Å². The standard InChI is InChI=1S/C36H43ClN2O4/c1-6-38-29-15-16-30(38)20-26(19-29)36(4,41)25-9-13-28(14-10-25)39-34(40)18-24-17-32(42-5)33(43-22(2)3)21-31(24)35(39)23-7-11-27(37)12-8-23/h7-14,17,21-22,26,29-30,35,41H,6,15-16,18-20H2,1-5H3/t26?,29?,30?,35-,36?/m0/s1. The molecule has 6 nitrogen and oxygen atoms in total. The summed E-state index contributed by atoms with van der Waals surface area (Å²) in [6.45, 7) is 9.27. The molecular formula is C36H43ClN2O4. The van der Waals surface area contributed by atoms with Gasteiger partial charge in [0.1, 0.15) is 0 Å². The molecule has 0 aromatic heterocycles. The molecule has 228 valence electrons. The van der Waals surface area contributed by atoms with Crippen LogP contribution in [0.2, 0.25) is 5.02 Å². The molecule has 2 fully saturated rings. The first-order valence-electron chi connectivity index (χ1n) is 15.6. The van der Waals surface area contributed by atoms with Crippen LogP contribution in [0.5, 0.6) is 11.5 Å². The van der Waals surface area contributed by atoms with Crippen LogP contribution in [0, 0.1) is 5.92 Å². The monoisotopic (exact) mass is 602 g/mol. The van der Waals surface area contributed by atoms with Crippen molar-refractivity contribution in [2.45, 2.75) is 89.6 Å². The van der Waals surface area contributed by atoms with Crippen molar-refractivity contribution in [3.63, 3.8) is 0 Å². The minimum atomic E-state index is -0.938. The lowest BCUT2D eigenvalue weighted by Gasteiger charge is -2.44. The molecule has 3 unspecified atom stereocenters. The van der Waals surface area contributed by atoms with E-state index in [0.29, 0.717) is 28.6 Å². The average molecular weight is 603 g/mol. The van der Waals surface area contributed by atoms with Gasteiger partial charge in [-0.3, -0.25) is 9.69 Å². The van der Waals surface area contributed by atoms with Crippen LogP contribution >= 0.6 is 11.6 Å². The normalized spacial score (nSPS) is 25.0. The number of carbonyl (C=O) groups excluding carboxylic acids is 1. The summed E-state index contributed by atoms with van der Waals surface area (Å²) >= 11 is 6.27. The highest BCUT2D eigenvalue weighted by Crippen LogP contribution is 2.47. The molecule has 3 heterocycles. The van der Waals surface area contributed by atoms with Crippen LogP contribution in [-0.4, -0.2) is 47.8 Å². The van der Waals surface area contributed by atoms with Crippen molar-refractivity contribution in [3.8, 4) is 11.5 Å². The predicted molar refractivity (Wildman–Crippen MR) is 171 cm³/mol. The van der Waals surface area contributed by atoms with Crippen LogP contribution in [0.3, 0.4) is 0 Å². The van der Waals surface area contributed by atoms with Gasteiger partial charge in [-0.25, -0.2) is 0 Å². The summed E-state index contributed by atoms with van der Waals surface area (Å²) in [5, 5.41) is 12.5. The summed E-state index contributed by atoms with van der Waals surface area (Å²) in [4.78, 5) is 18.4. The third kappa shape index (κ3) is 5.54. The summed E-state index contributed by atoms with van der Waals surface area (Å²) in [7, 11) is 1.62. The van der Waals surface area contributed by atoms with E-state index >= 15 is 0 Å². The van der Waals surface area contributed by atoms with Crippen molar-refractivity contribution in [2.24, 2.45) is 5.92 Å². The minimum Gasteiger partial charge on any atom is -0.493 e. The zero-order chi connectivity index (χ0) is 30.5. The first kappa shape index (κ1) is 30.0. The van der Waals surface area contributed by atoms with E-state index in [1.165, 1.54) is 12.8 Å². The Morgan fingerprint density at radius 1 is 1.00 bits per heavy atom. The van der Waals surface area contributed by atoms with Crippen LogP contribution in [0.4, 0.5) is 5.69 Å². The third-order valence-corrected chi connectivity index (χ3v) is 10.2. The minimum absolute atomic E-state index is 0.00458. The molecule has 3 aliphatic rings. The van der Waals surface area contributed by atoms with Gasteiger partial charge in [0.15, 0.2) is 11.5 Å². The van der Waals surface area contributed by atoms with Crippen LogP contribution in [0.15, 0.2) is 60.7 Å². The van der Waals surface area contributed by atoms with Gasteiger partial charge in [0, 0.05) is 22.8 Å². The van der Waals surface area contributed by atoms with E-state index < -0.39 is 5.60 Å². The van der Waals surface area contributed by atoms with E-state index in [-0.39, 0.29) is 30.4 Å². The Hall–Kier alpha value is -3.06. The maximum Gasteiger partial charge on any atom is 0.232 e. The summed E-state index contributed by atoms with van der Waals surface area (Å²) < 4.78 is 11.8. The first-order chi connectivity index (χ1) is 20.6. The first-order valence-corrected chi connectivity index (χ1v) is 16.0. The fourth-order valence-electron chi connectivity index (χ4n) is 7.77. The van der Waals surface area contributed by atoms with Gasteiger partial charge in [-0.1, -0.05) is 42.8 Å². The van der Waals surface area contributed by atoms with Gasteiger partial charge >= 0.3 is 0 Å². The maximum absolute atomic E-state index is 13.9. The number of piperidine rings is 1. The molecule has 0 radical (unpaired) electrons. The number of halogens is 1. The number of ether oxygens (including phenoxy) is 2.